The molecule has 0 spiro atoms. The van der Waals surface area contributed by atoms with E-state index in [-0.39, 0.29) is 76.2 Å². The van der Waals surface area contributed by atoms with Crippen molar-refractivity contribution in [3.63, 3.8) is 0 Å². The number of Topliss-reactive ketones (excluding diaryl/α,β-unsaturated/α-hetero) is 3. The molecule has 0 aliphatic heterocycles. The first-order valence-corrected chi connectivity index (χ1v) is 21.8. The van der Waals surface area contributed by atoms with E-state index in [1.165, 1.54) is 26.2 Å². The third kappa shape index (κ3) is 23.2. The first-order valence-electron chi connectivity index (χ1n) is 21.8. The summed E-state index contributed by atoms with van der Waals surface area (Å²) in [5.74, 6) is -10.0. The molecule has 0 saturated heterocycles. The van der Waals surface area contributed by atoms with Gasteiger partial charge in [0, 0.05) is 20.5 Å². The fourth-order valence-corrected chi connectivity index (χ4v) is 6.81. The van der Waals surface area contributed by atoms with Crippen LogP contribution in [0.5, 0.6) is 5.75 Å². The molecule has 2 rings (SSSR count). The van der Waals surface area contributed by atoms with E-state index >= 15 is 0 Å². The number of amides is 3. The third-order valence-electron chi connectivity index (χ3n) is 10.2. The van der Waals surface area contributed by atoms with Crippen molar-refractivity contribution in [1.82, 2.24) is 16.0 Å². The summed E-state index contributed by atoms with van der Waals surface area (Å²) in [6.45, 7) is 5.50. The zero-order valence-corrected chi connectivity index (χ0v) is 38.0. The van der Waals surface area contributed by atoms with Crippen molar-refractivity contribution < 1.29 is 72.2 Å². The molecule has 0 aliphatic carbocycles. The number of ketones is 3. The minimum Gasteiger partial charge on any atom is -0.508 e. The van der Waals surface area contributed by atoms with Gasteiger partial charge in [-0.25, -0.2) is 0 Å². The number of carbonyl (C=O) groups is 9. The monoisotopic (exact) mass is 922 g/mol. The van der Waals surface area contributed by atoms with Crippen LogP contribution >= 0.6 is 0 Å². The fourth-order valence-electron chi connectivity index (χ4n) is 6.81. The molecule has 0 bridgehead atoms. The molecule has 0 aromatic heterocycles. The van der Waals surface area contributed by atoms with Crippen LogP contribution < -0.4 is 16.0 Å². The van der Waals surface area contributed by atoms with Crippen molar-refractivity contribution in [2.24, 2.45) is 17.8 Å². The van der Waals surface area contributed by atoms with Crippen molar-refractivity contribution in [2.75, 3.05) is 26.9 Å². The average Bonchev–Trinajstić information content (AvgIpc) is 3.26. The van der Waals surface area contributed by atoms with Crippen molar-refractivity contribution >= 4 is 60.3 Å². The van der Waals surface area contributed by atoms with Gasteiger partial charge in [-0.1, -0.05) is 56.3 Å². The molecular formula is C46H63BN4O15. The zero-order valence-electron chi connectivity index (χ0n) is 38.0. The number of nitrogens with one attached hydrogen (secondary N) is 4. The number of ether oxygens (including phenoxy) is 3. The van der Waals surface area contributed by atoms with Gasteiger partial charge in [0.25, 0.3) is 0 Å². The van der Waals surface area contributed by atoms with Crippen LogP contribution in [-0.2, 0) is 75.0 Å². The van der Waals surface area contributed by atoms with Gasteiger partial charge in [0.15, 0.2) is 5.78 Å². The number of phenols is 1. The molecule has 20 heteroatoms. The maximum absolute atomic E-state index is 14.2. The summed E-state index contributed by atoms with van der Waals surface area (Å²) in [6.07, 6.45) is -2.89. The van der Waals surface area contributed by atoms with Gasteiger partial charge in [-0.05, 0) is 35.6 Å². The quantitative estimate of drug-likeness (QED) is 0.0334. The molecule has 6 N–H and O–H groups in total. The Morgan fingerprint density at radius 1 is 0.682 bits per heavy atom. The molecule has 0 unspecified atom stereocenters. The van der Waals surface area contributed by atoms with Crippen LogP contribution in [0.4, 0.5) is 0 Å². The van der Waals surface area contributed by atoms with Gasteiger partial charge in [0.2, 0.25) is 11.8 Å². The number of carbonyl (C=O) groups excluding carboxylic acids is 8. The van der Waals surface area contributed by atoms with Gasteiger partial charge >= 0.3 is 186 Å². The SMILES string of the molecule is COCCOCCCC(=O)[C@@H](CCC(=O)OB=N)NC(=O)[C@H](CCC(=O)OCc1ccccc1)CC(=O)[C@@H](CC(C)C)NC(=O)[C@H](CC(=O)O)CC(=O)[C@H](Cc1ccc(O)cc1)NC(C)=O. The number of benzene rings is 2. The number of rotatable bonds is 34. The summed E-state index contributed by atoms with van der Waals surface area (Å²) < 4.78 is 20.4. The Bertz CT molecular complexity index is 1930. The molecule has 3 amide bonds. The summed E-state index contributed by atoms with van der Waals surface area (Å²) in [6, 6.07) is 11.0. The second kappa shape index (κ2) is 30.9. The number of carboxylic acids is 1. The Morgan fingerprint density at radius 2 is 1.30 bits per heavy atom. The Hall–Kier alpha value is -6.15. The van der Waals surface area contributed by atoms with E-state index in [2.05, 4.69) is 20.6 Å². The molecule has 0 fully saturated rings. The summed E-state index contributed by atoms with van der Waals surface area (Å²) in [5.41, 5.74) is 1.27. The number of carboxylic acid groups (broad SMARTS) is 1. The predicted octanol–water partition coefficient (Wildman–Crippen LogP) is 3.32. The van der Waals surface area contributed by atoms with Gasteiger partial charge < -0.3 is 20.3 Å². The topological polar surface area (TPSA) is 291 Å². The standard InChI is InChI=1S/C46H63BN4O15/c1-29(2)23-37(51-46(62)34(27-42(57)58)26-41(56)38(49-30(3)52)24-31-12-15-35(53)16-13-31)40(55)25-33(14-18-43(59)65-28-32-9-6-5-7-10-32)45(61)50-36(17-19-44(60)66-47-48)39(54)11-8-20-64-22-21-63-4/h5-7,9-10,12-13,15-16,29,33-34,36-38,48,53H,8,11,14,17-28H2,1-4H3,(H,49,52)(H,50,61)(H,51,62)(H,57,58)/t33-,34+,36-,37-,38+/m1/s1. The Labute approximate surface area is 385 Å². The molecule has 5 atom stereocenters. The Balaban J connectivity index is 2.39. The Morgan fingerprint density at radius 3 is 1.92 bits per heavy atom. The van der Waals surface area contributed by atoms with Crippen LogP contribution in [0.2, 0.25) is 0 Å². The first kappa shape index (κ1) is 56.0. The van der Waals surface area contributed by atoms with Crippen LogP contribution in [0.25, 0.3) is 0 Å². The number of phenolic OH excluding ortho intramolecular Hbond substituents is 1. The predicted molar refractivity (Wildman–Crippen MR) is 237 cm³/mol. The van der Waals surface area contributed by atoms with Gasteiger partial charge in [-0.15, -0.1) is 0 Å². The molecule has 2 aromatic rings. The number of aromatic hydroxyl groups is 1. The van der Waals surface area contributed by atoms with Crippen LogP contribution in [0.3, 0.4) is 0 Å². The normalized spacial score (nSPS) is 13.2. The van der Waals surface area contributed by atoms with Crippen LogP contribution in [0.15, 0.2) is 54.6 Å². The van der Waals surface area contributed by atoms with E-state index in [4.69, 9.17) is 19.5 Å². The molecule has 0 heterocycles. The molecule has 0 radical (unpaired) electrons. The summed E-state index contributed by atoms with van der Waals surface area (Å²) in [7, 11) is 1.95. The van der Waals surface area contributed by atoms with Gasteiger partial charge in [-0.3, -0.25) is 19.2 Å². The van der Waals surface area contributed by atoms with Crippen molar-refractivity contribution in [2.45, 2.75) is 116 Å². The van der Waals surface area contributed by atoms with Gasteiger partial charge in [-0.2, -0.15) is 0 Å². The summed E-state index contributed by atoms with van der Waals surface area (Å²) >= 11 is 0. The van der Waals surface area contributed by atoms with E-state index < -0.39 is 102 Å². The minimum absolute atomic E-state index is 0.0247. The molecule has 19 nitrogen and oxygen atoms in total. The number of esters is 1. The molecule has 2 aromatic carbocycles. The average molecular weight is 923 g/mol. The van der Waals surface area contributed by atoms with E-state index in [1.54, 1.807) is 56.3 Å². The zero-order chi connectivity index (χ0) is 49.0. The Kier molecular flexibility index (Phi) is 26.2. The fraction of sp³-hybridized carbons (Fsp3) is 0.543. The van der Waals surface area contributed by atoms with Gasteiger partial charge in [0.05, 0.1) is 18.4 Å². The minimum atomic E-state index is -1.48. The number of methoxy groups -OCH3 is 1. The molecular weight excluding hydrogens is 859 g/mol. The van der Waals surface area contributed by atoms with E-state index in [1.807, 2.05) is 0 Å². The van der Waals surface area contributed by atoms with E-state index in [0.717, 1.165) is 0 Å². The second-order valence-electron chi connectivity index (χ2n) is 16.2. The molecule has 66 heavy (non-hydrogen) atoms. The smallest absolute Gasteiger partial charge is 0.508 e. The maximum atomic E-state index is 14.2. The van der Waals surface area contributed by atoms with E-state index in [0.29, 0.717) is 31.6 Å². The summed E-state index contributed by atoms with van der Waals surface area (Å²) in [5, 5.41) is 34.3. The molecule has 0 saturated carbocycles. The molecule has 360 valence electrons. The van der Waals surface area contributed by atoms with Gasteiger partial charge in [0.1, 0.15) is 12.4 Å². The van der Waals surface area contributed by atoms with Crippen LogP contribution in [0, 0.1) is 23.1 Å². The van der Waals surface area contributed by atoms with Crippen LogP contribution in [-0.4, -0.2) is 116 Å². The third-order valence-corrected chi connectivity index (χ3v) is 10.2. The first-order chi connectivity index (χ1) is 31.4. The number of hydrogen-bond donors (Lipinski definition) is 6. The van der Waals surface area contributed by atoms with Crippen molar-refractivity contribution in [3.05, 3.63) is 65.7 Å². The summed E-state index contributed by atoms with van der Waals surface area (Å²) in [4.78, 5) is 119. The second-order valence-corrected chi connectivity index (χ2v) is 16.2. The van der Waals surface area contributed by atoms with Crippen LogP contribution in [0.1, 0.15) is 96.1 Å². The number of hydrogen-bond acceptors (Lipinski definition) is 15. The van der Waals surface area contributed by atoms with Crippen molar-refractivity contribution in [1.29, 1.82) is 5.31 Å². The van der Waals surface area contributed by atoms with E-state index in [9.17, 15) is 53.4 Å². The van der Waals surface area contributed by atoms with Crippen molar-refractivity contribution in [3.8, 4) is 5.75 Å². The molecule has 0 aliphatic rings. The number of aliphatic carboxylic acids is 1.